The first-order valence-corrected chi connectivity index (χ1v) is 9.85. The van der Waals surface area contributed by atoms with Gasteiger partial charge in [-0.05, 0) is 38.6 Å². The Hall–Kier alpha value is -2.45. The van der Waals surface area contributed by atoms with Gasteiger partial charge in [0.2, 0.25) is 0 Å². The Morgan fingerprint density at radius 3 is 2.70 bits per heavy atom. The largest absolute Gasteiger partial charge is 0.465 e. The molecule has 4 rings (SSSR count). The Morgan fingerprint density at radius 1 is 1.22 bits per heavy atom. The van der Waals surface area contributed by atoms with Gasteiger partial charge in [-0.1, -0.05) is 0 Å². The molecule has 1 aliphatic heterocycles. The normalized spacial score (nSPS) is 15.4. The topological polar surface area (TPSA) is 74.5 Å². The summed E-state index contributed by atoms with van der Waals surface area (Å²) < 4.78 is 5.61. The molecule has 0 aliphatic carbocycles. The minimum Gasteiger partial charge on any atom is -0.465 e. The first-order chi connectivity index (χ1) is 13.0. The molecule has 27 heavy (non-hydrogen) atoms. The molecule has 1 fully saturated rings. The molecule has 1 N–H and O–H groups in total. The van der Waals surface area contributed by atoms with E-state index in [9.17, 15) is 4.79 Å². The number of rotatable bonds is 4. The number of aromatic nitrogens is 2. The summed E-state index contributed by atoms with van der Waals surface area (Å²) in [7, 11) is 2.08. The molecule has 4 heterocycles. The van der Waals surface area contributed by atoms with E-state index in [1.165, 1.54) is 17.7 Å². The predicted molar refractivity (Wildman–Crippen MR) is 106 cm³/mol. The molecular formula is C19H23N5O2S. The molecule has 0 bridgehead atoms. The van der Waals surface area contributed by atoms with Crippen LogP contribution in [0.2, 0.25) is 0 Å². The van der Waals surface area contributed by atoms with E-state index in [-0.39, 0.29) is 5.91 Å². The maximum atomic E-state index is 13.0. The van der Waals surface area contributed by atoms with Crippen molar-refractivity contribution in [3.63, 3.8) is 0 Å². The molecule has 0 unspecified atom stereocenters. The van der Waals surface area contributed by atoms with Gasteiger partial charge in [0.15, 0.2) is 0 Å². The number of aryl methyl sites for hydroxylation is 2. The van der Waals surface area contributed by atoms with Crippen LogP contribution in [0.1, 0.15) is 26.8 Å². The van der Waals surface area contributed by atoms with E-state index in [2.05, 4.69) is 27.2 Å². The number of nitrogens with zero attached hydrogens (tertiary/aromatic N) is 4. The maximum Gasteiger partial charge on any atom is 0.264 e. The number of hydrogen-bond acceptors (Lipinski definition) is 7. The van der Waals surface area contributed by atoms with Crippen LogP contribution in [0.4, 0.5) is 5.82 Å². The number of piperazine rings is 1. The number of carbonyl (C=O) groups is 1. The number of hydrogen-bond donors (Lipinski definition) is 1. The summed E-state index contributed by atoms with van der Waals surface area (Å²) in [6.07, 6.45) is 1.54. The minimum atomic E-state index is 0.0937. The highest BCUT2D eigenvalue weighted by Gasteiger charge is 2.25. The van der Waals surface area contributed by atoms with Gasteiger partial charge in [0, 0.05) is 26.2 Å². The Kier molecular flexibility index (Phi) is 4.84. The lowest BCUT2D eigenvalue weighted by atomic mass is 10.2. The zero-order chi connectivity index (χ0) is 19.0. The number of nitrogens with one attached hydrogen (secondary N) is 1. The summed E-state index contributed by atoms with van der Waals surface area (Å²) in [6, 6.07) is 3.89. The molecule has 8 heteroatoms. The Bertz CT molecular complexity index is 972. The van der Waals surface area contributed by atoms with Crippen LogP contribution in [0, 0.1) is 13.8 Å². The molecule has 7 nitrogen and oxygen atoms in total. The molecule has 0 spiro atoms. The third kappa shape index (κ3) is 3.54. The second kappa shape index (κ2) is 7.28. The van der Waals surface area contributed by atoms with Crippen molar-refractivity contribution in [2.45, 2.75) is 20.4 Å². The fourth-order valence-corrected chi connectivity index (χ4v) is 4.43. The number of anilines is 1. The molecule has 0 aromatic carbocycles. The van der Waals surface area contributed by atoms with E-state index in [1.54, 1.807) is 0 Å². The van der Waals surface area contributed by atoms with Crippen LogP contribution < -0.4 is 5.32 Å². The van der Waals surface area contributed by atoms with Gasteiger partial charge in [-0.25, -0.2) is 9.97 Å². The lowest BCUT2D eigenvalue weighted by Crippen LogP contribution is -2.47. The highest BCUT2D eigenvalue weighted by Crippen LogP contribution is 2.34. The predicted octanol–water partition coefficient (Wildman–Crippen LogP) is 2.90. The highest BCUT2D eigenvalue weighted by atomic mass is 32.1. The van der Waals surface area contributed by atoms with Crippen molar-refractivity contribution in [1.29, 1.82) is 0 Å². The molecule has 0 radical (unpaired) electrons. The summed E-state index contributed by atoms with van der Waals surface area (Å²) in [5.74, 6) is 2.56. The maximum absolute atomic E-state index is 13.0. The molecular weight excluding hydrogens is 362 g/mol. The van der Waals surface area contributed by atoms with Crippen molar-refractivity contribution in [1.82, 2.24) is 19.8 Å². The Labute approximate surface area is 162 Å². The minimum absolute atomic E-state index is 0.0937. The van der Waals surface area contributed by atoms with Gasteiger partial charge < -0.3 is 19.5 Å². The highest BCUT2D eigenvalue weighted by molar-refractivity contribution is 7.20. The SMILES string of the molecule is Cc1ccc(CNc2ncnc3sc(C(=O)N4CCN(C)CC4)c(C)c23)o1. The van der Waals surface area contributed by atoms with Gasteiger partial charge in [-0.15, -0.1) is 11.3 Å². The van der Waals surface area contributed by atoms with E-state index in [1.807, 2.05) is 30.9 Å². The summed E-state index contributed by atoms with van der Waals surface area (Å²) in [6.45, 7) is 7.78. The Balaban J connectivity index is 1.60. The summed E-state index contributed by atoms with van der Waals surface area (Å²) >= 11 is 1.45. The molecule has 3 aromatic rings. The average molecular weight is 385 g/mol. The average Bonchev–Trinajstić information content (AvgIpc) is 3.23. The quantitative estimate of drug-likeness (QED) is 0.744. The van der Waals surface area contributed by atoms with Crippen LogP contribution in [0.25, 0.3) is 10.2 Å². The molecule has 0 atom stereocenters. The van der Waals surface area contributed by atoms with Gasteiger partial charge >= 0.3 is 0 Å². The third-order valence-electron chi connectivity index (χ3n) is 4.94. The van der Waals surface area contributed by atoms with Crippen molar-refractivity contribution < 1.29 is 9.21 Å². The van der Waals surface area contributed by atoms with Crippen LogP contribution in [-0.4, -0.2) is 58.9 Å². The third-order valence-corrected chi connectivity index (χ3v) is 6.13. The molecule has 3 aromatic heterocycles. The van der Waals surface area contributed by atoms with E-state index in [4.69, 9.17) is 4.42 Å². The Morgan fingerprint density at radius 2 is 2.00 bits per heavy atom. The van der Waals surface area contributed by atoms with Gasteiger partial charge in [0.05, 0.1) is 16.8 Å². The van der Waals surface area contributed by atoms with Crippen molar-refractivity contribution in [3.8, 4) is 0 Å². The van der Waals surface area contributed by atoms with E-state index in [0.29, 0.717) is 6.54 Å². The zero-order valence-electron chi connectivity index (χ0n) is 15.8. The standard InChI is InChI=1S/C19H23N5O2S/c1-12-4-5-14(26-12)10-20-17-15-13(2)16(27-18(15)22-11-21-17)19(25)24-8-6-23(3)7-9-24/h4-5,11H,6-10H2,1-3H3,(H,20,21,22). The number of carbonyl (C=O) groups excluding carboxylic acids is 1. The number of fused-ring (bicyclic) bond motifs is 1. The van der Waals surface area contributed by atoms with Gasteiger partial charge in [-0.3, -0.25) is 4.79 Å². The van der Waals surface area contributed by atoms with Gasteiger partial charge in [-0.2, -0.15) is 0 Å². The molecule has 142 valence electrons. The fraction of sp³-hybridized carbons (Fsp3) is 0.421. The monoisotopic (exact) mass is 385 g/mol. The first-order valence-electron chi connectivity index (χ1n) is 9.04. The smallest absolute Gasteiger partial charge is 0.264 e. The van der Waals surface area contributed by atoms with Crippen LogP contribution in [-0.2, 0) is 6.54 Å². The van der Waals surface area contributed by atoms with Crippen molar-refractivity contribution >= 4 is 33.3 Å². The summed E-state index contributed by atoms with van der Waals surface area (Å²) in [5, 5.41) is 4.25. The summed E-state index contributed by atoms with van der Waals surface area (Å²) in [5.41, 5.74) is 0.942. The van der Waals surface area contributed by atoms with E-state index < -0.39 is 0 Å². The van der Waals surface area contributed by atoms with E-state index in [0.717, 1.165) is 64.2 Å². The van der Waals surface area contributed by atoms with Crippen molar-refractivity contribution in [2.75, 3.05) is 38.5 Å². The molecule has 1 amide bonds. The van der Waals surface area contributed by atoms with Crippen molar-refractivity contribution in [3.05, 3.63) is 40.4 Å². The second-order valence-electron chi connectivity index (χ2n) is 6.92. The number of likely N-dealkylation sites (N-methyl/N-ethyl adjacent to an activating group) is 1. The molecule has 0 saturated carbocycles. The number of thiophene rings is 1. The van der Waals surface area contributed by atoms with Crippen LogP contribution in [0.5, 0.6) is 0 Å². The molecule has 1 saturated heterocycles. The van der Waals surface area contributed by atoms with E-state index >= 15 is 0 Å². The zero-order valence-corrected chi connectivity index (χ0v) is 16.6. The fourth-order valence-electron chi connectivity index (χ4n) is 3.31. The van der Waals surface area contributed by atoms with Crippen molar-refractivity contribution in [2.24, 2.45) is 0 Å². The number of amides is 1. The molecule has 1 aliphatic rings. The van der Waals surface area contributed by atoms with Crippen LogP contribution in [0.15, 0.2) is 22.9 Å². The second-order valence-corrected chi connectivity index (χ2v) is 7.92. The van der Waals surface area contributed by atoms with Gasteiger partial charge in [0.1, 0.15) is 28.5 Å². The number of furan rings is 1. The summed E-state index contributed by atoms with van der Waals surface area (Å²) in [4.78, 5) is 27.6. The first kappa shape index (κ1) is 17.9. The van der Waals surface area contributed by atoms with Crippen LogP contribution in [0.3, 0.4) is 0 Å². The van der Waals surface area contributed by atoms with Crippen LogP contribution >= 0.6 is 11.3 Å². The lowest BCUT2D eigenvalue weighted by Gasteiger charge is -2.32. The van der Waals surface area contributed by atoms with Gasteiger partial charge in [0.25, 0.3) is 5.91 Å². The lowest BCUT2D eigenvalue weighted by molar-refractivity contribution is 0.0668.